The molecule has 302 valence electrons. The van der Waals surface area contributed by atoms with Gasteiger partial charge in [-0.3, -0.25) is 28.9 Å². The molecule has 52 heavy (non-hydrogen) atoms. The van der Waals surface area contributed by atoms with Crippen LogP contribution in [0.1, 0.15) is 51.9 Å². The molecule has 0 radical (unpaired) electrons. The molecule has 18 heteroatoms. The van der Waals surface area contributed by atoms with E-state index in [2.05, 4.69) is 31.5 Å². The minimum atomic E-state index is -0.702. The molecule has 1 aliphatic heterocycles. The van der Waals surface area contributed by atoms with Crippen molar-refractivity contribution in [2.24, 2.45) is 23.1 Å². The van der Waals surface area contributed by atoms with Gasteiger partial charge in [0.25, 0.3) is 0 Å². The van der Waals surface area contributed by atoms with E-state index in [0.717, 1.165) is 12.8 Å². The topological polar surface area (TPSA) is 258 Å². The van der Waals surface area contributed by atoms with E-state index in [1.165, 1.54) is 0 Å². The van der Waals surface area contributed by atoms with Gasteiger partial charge < -0.3 is 62.9 Å². The largest absolute Gasteiger partial charge is 0.379 e. The van der Waals surface area contributed by atoms with E-state index in [4.69, 9.17) is 31.4 Å². The van der Waals surface area contributed by atoms with Gasteiger partial charge in [-0.2, -0.15) is 0 Å². The van der Waals surface area contributed by atoms with Gasteiger partial charge in [-0.1, -0.05) is 19.8 Å². The fourth-order valence-electron chi connectivity index (χ4n) is 5.27. The maximum absolute atomic E-state index is 13.1. The zero-order valence-electron chi connectivity index (χ0n) is 31.4. The number of piperazine rings is 1. The molecule has 0 aromatic rings. The molecule has 1 aliphatic rings. The molecule has 1 rings (SSSR count). The first-order valence-electron chi connectivity index (χ1n) is 18.9. The van der Waals surface area contributed by atoms with Gasteiger partial charge in [0.2, 0.25) is 29.5 Å². The molecule has 0 aliphatic carbocycles. The quantitative estimate of drug-likeness (QED) is 0.0309. The van der Waals surface area contributed by atoms with Crippen molar-refractivity contribution in [3.05, 3.63) is 0 Å². The first kappa shape index (κ1) is 47.1. The van der Waals surface area contributed by atoms with E-state index in [1.807, 2.05) is 11.8 Å². The molecule has 0 unspecified atom stereocenters. The Morgan fingerprint density at radius 3 is 1.71 bits per heavy atom. The number of primary amides is 1. The Bertz CT molecular complexity index is 978. The molecule has 11 N–H and O–H groups in total. The smallest absolute Gasteiger partial charge is 0.239 e. The maximum Gasteiger partial charge on any atom is 0.239 e. The summed E-state index contributed by atoms with van der Waals surface area (Å²) in [5, 5.41) is 14.7. The summed E-state index contributed by atoms with van der Waals surface area (Å²) < 4.78 is 16.6. The van der Waals surface area contributed by atoms with Crippen molar-refractivity contribution < 1.29 is 38.2 Å². The molecule has 1 fully saturated rings. The van der Waals surface area contributed by atoms with E-state index in [9.17, 15) is 24.0 Å². The van der Waals surface area contributed by atoms with Crippen molar-refractivity contribution in [1.29, 1.82) is 0 Å². The number of nitrogens with zero attached hydrogens (tertiary/aromatic N) is 2. The first-order chi connectivity index (χ1) is 25.2. The first-order valence-corrected chi connectivity index (χ1v) is 18.9. The maximum atomic E-state index is 13.1. The van der Waals surface area contributed by atoms with Crippen molar-refractivity contribution in [2.45, 2.75) is 57.9 Å². The van der Waals surface area contributed by atoms with Crippen LogP contribution in [0.3, 0.4) is 0 Å². The van der Waals surface area contributed by atoms with Gasteiger partial charge in [-0.05, 0) is 19.3 Å². The van der Waals surface area contributed by atoms with Crippen LogP contribution in [0.5, 0.6) is 0 Å². The highest BCUT2D eigenvalue weighted by Crippen LogP contribution is 2.08. The fraction of sp³-hybridized carbons (Fsp3) is 0.853. The van der Waals surface area contributed by atoms with Gasteiger partial charge in [0.15, 0.2) is 0 Å². The SMILES string of the molecule is CCCC[C@H](NC(=O)CCC(=O)NCCCOCCOCCOCCCNC(=O)CN1CCN(C(=O)C(CNCCN)CNCCN)CC1)C(N)=O. The molecule has 18 nitrogen and oxygen atoms in total. The standard InChI is InChI=1S/C34H68N10O8/c1-2-3-6-29(33(37)48)42-31(46)8-7-30(45)40-11-4-19-50-21-23-52-24-22-51-20-5-12-41-32(47)27-43-15-17-44(18-16-43)34(49)28(25-38-13-9-35)26-39-14-10-36/h28-29,38-39H,2-27,35-36H2,1H3,(H2,37,48)(H,40,45)(H,41,47)(H,42,46)/t29-/m0/s1. The number of ether oxygens (including phenoxy) is 3. The van der Waals surface area contributed by atoms with Crippen molar-refractivity contribution in [1.82, 2.24) is 36.4 Å². The number of unbranched alkanes of at least 4 members (excludes halogenated alkanes) is 1. The lowest BCUT2D eigenvalue weighted by Crippen LogP contribution is -2.54. The minimum absolute atomic E-state index is 0.00814. The highest BCUT2D eigenvalue weighted by atomic mass is 16.5. The summed E-state index contributed by atoms with van der Waals surface area (Å²) >= 11 is 0. The average Bonchev–Trinajstić information content (AvgIpc) is 3.13. The lowest BCUT2D eigenvalue weighted by molar-refractivity contribution is -0.137. The number of hydrogen-bond donors (Lipinski definition) is 8. The summed E-state index contributed by atoms with van der Waals surface area (Å²) in [7, 11) is 0. The summed E-state index contributed by atoms with van der Waals surface area (Å²) in [5.41, 5.74) is 16.5. The summed E-state index contributed by atoms with van der Waals surface area (Å²) in [6, 6.07) is -0.702. The van der Waals surface area contributed by atoms with Crippen molar-refractivity contribution in [3.63, 3.8) is 0 Å². The van der Waals surface area contributed by atoms with Crippen LogP contribution in [0.25, 0.3) is 0 Å². The Labute approximate surface area is 309 Å². The molecular weight excluding hydrogens is 676 g/mol. The van der Waals surface area contributed by atoms with Crippen LogP contribution in [0.4, 0.5) is 0 Å². The third-order valence-corrected chi connectivity index (χ3v) is 8.25. The predicted octanol–water partition coefficient (Wildman–Crippen LogP) is -3.15. The molecule has 0 saturated carbocycles. The Hall–Kier alpha value is -2.97. The van der Waals surface area contributed by atoms with Crippen LogP contribution in [-0.4, -0.2) is 170 Å². The third kappa shape index (κ3) is 24.3. The number of hydrogen-bond acceptors (Lipinski definition) is 13. The van der Waals surface area contributed by atoms with Gasteiger partial charge in [0, 0.05) is 105 Å². The van der Waals surface area contributed by atoms with Crippen LogP contribution in [0.15, 0.2) is 0 Å². The van der Waals surface area contributed by atoms with Gasteiger partial charge in [0.1, 0.15) is 6.04 Å². The predicted molar refractivity (Wildman–Crippen MR) is 198 cm³/mol. The molecule has 5 amide bonds. The number of nitrogens with two attached hydrogens (primary N) is 3. The summed E-state index contributed by atoms with van der Waals surface area (Å²) in [4.78, 5) is 64.9. The van der Waals surface area contributed by atoms with Crippen molar-refractivity contribution in [2.75, 3.05) is 125 Å². The fourth-order valence-corrected chi connectivity index (χ4v) is 5.27. The van der Waals surface area contributed by atoms with Gasteiger partial charge >= 0.3 is 0 Å². The summed E-state index contributed by atoms with van der Waals surface area (Å²) in [6.07, 6.45) is 3.49. The zero-order chi connectivity index (χ0) is 38.2. The van der Waals surface area contributed by atoms with Gasteiger partial charge in [-0.15, -0.1) is 0 Å². The monoisotopic (exact) mass is 745 g/mol. The lowest BCUT2D eigenvalue weighted by Gasteiger charge is -2.36. The van der Waals surface area contributed by atoms with Crippen LogP contribution in [-0.2, 0) is 38.2 Å². The summed E-state index contributed by atoms with van der Waals surface area (Å²) in [6.45, 7) is 11.9. The van der Waals surface area contributed by atoms with E-state index in [1.54, 1.807) is 0 Å². The molecule has 1 saturated heterocycles. The second kappa shape index (κ2) is 31.5. The third-order valence-electron chi connectivity index (χ3n) is 8.25. The van der Waals surface area contributed by atoms with E-state index in [0.29, 0.717) is 144 Å². The molecule has 1 heterocycles. The highest BCUT2D eigenvalue weighted by molar-refractivity contribution is 5.88. The van der Waals surface area contributed by atoms with Crippen molar-refractivity contribution >= 4 is 29.5 Å². The van der Waals surface area contributed by atoms with E-state index < -0.39 is 11.9 Å². The summed E-state index contributed by atoms with van der Waals surface area (Å²) in [5.74, 6) is -1.31. The minimum Gasteiger partial charge on any atom is -0.379 e. The number of carbonyl (C=O) groups excluding carboxylic acids is 5. The Balaban J connectivity index is 1.97. The van der Waals surface area contributed by atoms with E-state index >= 15 is 0 Å². The average molecular weight is 745 g/mol. The Morgan fingerprint density at radius 2 is 1.19 bits per heavy atom. The van der Waals surface area contributed by atoms with E-state index in [-0.39, 0.29) is 42.4 Å². The normalized spacial score (nSPS) is 14.0. The molecule has 0 aromatic carbocycles. The van der Waals surface area contributed by atoms with Crippen LogP contribution in [0, 0.1) is 5.92 Å². The number of nitrogens with one attached hydrogen (secondary N) is 5. The van der Waals surface area contributed by atoms with Crippen LogP contribution in [0.2, 0.25) is 0 Å². The zero-order valence-corrected chi connectivity index (χ0v) is 31.4. The highest BCUT2D eigenvalue weighted by Gasteiger charge is 2.27. The lowest BCUT2D eigenvalue weighted by atomic mass is 10.1. The van der Waals surface area contributed by atoms with Gasteiger partial charge in [-0.25, -0.2) is 0 Å². The molecule has 0 bridgehead atoms. The van der Waals surface area contributed by atoms with Crippen molar-refractivity contribution in [3.8, 4) is 0 Å². The molecule has 0 spiro atoms. The van der Waals surface area contributed by atoms with Crippen LogP contribution >= 0.6 is 0 Å². The molecule has 0 aromatic heterocycles. The molecule has 1 atom stereocenters. The number of amides is 5. The Morgan fingerprint density at radius 1 is 0.673 bits per heavy atom. The molecular formula is C34H68N10O8. The van der Waals surface area contributed by atoms with Gasteiger partial charge in [0.05, 0.1) is 38.9 Å². The second-order valence-electron chi connectivity index (χ2n) is 12.7. The second-order valence-corrected chi connectivity index (χ2v) is 12.7. The number of rotatable bonds is 33. The van der Waals surface area contributed by atoms with Crippen LogP contribution < -0.4 is 43.8 Å². The Kier molecular flexibility index (Phi) is 28.5. The number of carbonyl (C=O) groups is 5.